The van der Waals surface area contributed by atoms with Gasteiger partial charge in [-0.2, -0.15) is 0 Å². The van der Waals surface area contributed by atoms with Gasteiger partial charge in [-0.15, -0.1) is 5.10 Å². The van der Waals surface area contributed by atoms with Crippen LogP contribution < -0.4 is 5.69 Å². The van der Waals surface area contributed by atoms with Gasteiger partial charge in [0.15, 0.2) is 5.65 Å². The molecule has 8 heteroatoms. The summed E-state index contributed by atoms with van der Waals surface area (Å²) in [5.74, 6) is -0.297. The molecule has 4 rings (SSSR count). The normalized spacial score (nSPS) is 11.2. The van der Waals surface area contributed by atoms with E-state index in [0.29, 0.717) is 23.4 Å². The minimum Gasteiger partial charge on any atom is -0.290 e. The number of aryl methyl sites for hydroxylation is 1. The Morgan fingerprint density at radius 2 is 2.00 bits per heavy atom. The van der Waals surface area contributed by atoms with Crippen LogP contribution in [-0.4, -0.2) is 29.5 Å². The van der Waals surface area contributed by atoms with Gasteiger partial charge in [0.05, 0.1) is 12.1 Å². The molecule has 3 aromatic heterocycles. The Morgan fingerprint density at radius 3 is 2.71 bits per heavy atom. The number of aromatic nitrogens is 6. The average molecular weight is 324 g/mol. The van der Waals surface area contributed by atoms with Crippen LogP contribution in [0.1, 0.15) is 5.69 Å². The first kappa shape index (κ1) is 14.3. The number of benzene rings is 1. The van der Waals surface area contributed by atoms with E-state index in [9.17, 15) is 9.18 Å². The van der Waals surface area contributed by atoms with Gasteiger partial charge in [0.25, 0.3) is 0 Å². The number of nitrogens with zero attached hydrogens (tertiary/aromatic N) is 5. The van der Waals surface area contributed by atoms with Gasteiger partial charge in [-0.25, -0.2) is 14.2 Å². The molecule has 0 spiro atoms. The molecule has 0 amide bonds. The Labute approximate surface area is 135 Å². The highest BCUT2D eigenvalue weighted by Crippen LogP contribution is 2.22. The van der Waals surface area contributed by atoms with E-state index in [0.717, 1.165) is 11.1 Å². The third-order valence-electron chi connectivity index (χ3n) is 3.78. The first-order valence-electron chi connectivity index (χ1n) is 7.30. The summed E-state index contributed by atoms with van der Waals surface area (Å²) in [6.45, 7) is 0.293. The molecule has 4 aromatic rings. The second kappa shape index (κ2) is 5.41. The third kappa shape index (κ3) is 2.47. The molecule has 0 saturated heterocycles. The molecule has 1 N–H and O–H groups in total. The van der Waals surface area contributed by atoms with Gasteiger partial charge in [-0.05, 0) is 23.8 Å². The fourth-order valence-electron chi connectivity index (χ4n) is 2.62. The third-order valence-corrected chi connectivity index (χ3v) is 3.78. The highest BCUT2D eigenvalue weighted by Gasteiger charge is 2.11. The monoisotopic (exact) mass is 324 g/mol. The SMILES string of the molecule is Cn1cc(Cn2c(=O)[nH]c3ncc(-c4ccc(F)cc4)cc32)nn1. The summed E-state index contributed by atoms with van der Waals surface area (Å²) in [6.07, 6.45) is 3.40. The summed E-state index contributed by atoms with van der Waals surface area (Å²) in [6, 6.07) is 7.99. The highest BCUT2D eigenvalue weighted by atomic mass is 19.1. The van der Waals surface area contributed by atoms with E-state index < -0.39 is 0 Å². The maximum absolute atomic E-state index is 13.1. The van der Waals surface area contributed by atoms with Crippen molar-refractivity contribution in [2.75, 3.05) is 0 Å². The fourth-order valence-corrected chi connectivity index (χ4v) is 2.62. The minimum absolute atomic E-state index is 0.264. The zero-order valence-corrected chi connectivity index (χ0v) is 12.8. The molecule has 0 aliphatic carbocycles. The molecule has 0 unspecified atom stereocenters. The van der Waals surface area contributed by atoms with Crippen LogP contribution in [0.25, 0.3) is 22.3 Å². The van der Waals surface area contributed by atoms with Gasteiger partial charge in [-0.3, -0.25) is 14.2 Å². The van der Waals surface area contributed by atoms with E-state index in [-0.39, 0.29) is 11.5 Å². The Hall–Kier alpha value is -3.29. The Bertz CT molecular complexity index is 1080. The van der Waals surface area contributed by atoms with Crippen molar-refractivity contribution in [3.05, 3.63) is 64.7 Å². The van der Waals surface area contributed by atoms with E-state index >= 15 is 0 Å². The van der Waals surface area contributed by atoms with Crippen LogP contribution in [0.3, 0.4) is 0 Å². The number of hydrogen-bond acceptors (Lipinski definition) is 4. The molecular formula is C16H13FN6O. The first-order chi connectivity index (χ1) is 11.6. The molecule has 0 radical (unpaired) electrons. The van der Waals surface area contributed by atoms with Crippen molar-refractivity contribution in [2.24, 2.45) is 7.05 Å². The fraction of sp³-hybridized carbons (Fsp3) is 0.125. The number of imidazole rings is 1. The lowest BCUT2D eigenvalue weighted by Crippen LogP contribution is -2.17. The number of rotatable bonds is 3. The minimum atomic E-state index is -0.297. The maximum atomic E-state index is 13.1. The van der Waals surface area contributed by atoms with Crippen LogP contribution in [0.15, 0.2) is 47.5 Å². The van der Waals surface area contributed by atoms with E-state index in [1.165, 1.54) is 12.1 Å². The van der Waals surface area contributed by atoms with Gasteiger partial charge in [-0.1, -0.05) is 17.3 Å². The zero-order chi connectivity index (χ0) is 16.7. The van der Waals surface area contributed by atoms with Crippen LogP contribution >= 0.6 is 0 Å². The topological polar surface area (TPSA) is 81.4 Å². The van der Waals surface area contributed by atoms with Gasteiger partial charge in [0.2, 0.25) is 0 Å². The second-order valence-corrected chi connectivity index (χ2v) is 5.50. The Balaban J connectivity index is 1.81. The number of H-pyrrole nitrogens is 1. The molecule has 0 aliphatic heterocycles. The maximum Gasteiger partial charge on any atom is 0.328 e. The van der Waals surface area contributed by atoms with Gasteiger partial charge < -0.3 is 0 Å². The summed E-state index contributed by atoms with van der Waals surface area (Å²) >= 11 is 0. The van der Waals surface area contributed by atoms with Gasteiger partial charge >= 0.3 is 5.69 Å². The number of aromatic amines is 1. The molecule has 0 aliphatic rings. The van der Waals surface area contributed by atoms with E-state index in [1.54, 1.807) is 40.8 Å². The molecule has 0 atom stereocenters. The average Bonchev–Trinajstić information content (AvgIpc) is 3.12. The predicted molar refractivity (Wildman–Crippen MR) is 85.9 cm³/mol. The van der Waals surface area contributed by atoms with Crippen molar-refractivity contribution in [1.29, 1.82) is 0 Å². The summed E-state index contributed by atoms with van der Waals surface area (Å²) in [4.78, 5) is 19.2. The lowest BCUT2D eigenvalue weighted by atomic mass is 10.1. The van der Waals surface area contributed by atoms with Crippen molar-refractivity contribution in [1.82, 2.24) is 29.5 Å². The smallest absolute Gasteiger partial charge is 0.290 e. The van der Waals surface area contributed by atoms with Crippen molar-refractivity contribution in [3.8, 4) is 11.1 Å². The van der Waals surface area contributed by atoms with Crippen LogP contribution in [0.4, 0.5) is 4.39 Å². The number of fused-ring (bicyclic) bond motifs is 1. The van der Waals surface area contributed by atoms with Crippen molar-refractivity contribution in [2.45, 2.75) is 6.54 Å². The molecule has 3 heterocycles. The lowest BCUT2D eigenvalue weighted by Gasteiger charge is -2.04. The van der Waals surface area contributed by atoms with Crippen molar-refractivity contribution in [3.63, 3.8) is 0 Å². The lowest BCUT2D eigenvalue weighted by molar-refractivity contribution is 0.628. The number of halogens is 1. The van der Waals surface area contributed by atoms with Crippen molar-refractivity contribution >= 4 is 11.2 Å². The molecule has 24 heavy (non-hydrogen) atoms. The van der Waals surface area contributed by atoms with Crippen molar-refractivity contribution < 1.29 is 4.39 Å². The highest BCUT2D eigenvalue weighted by molar-refractivity contribution is 5.78. The molecule has 0 bridgehead atoms. The quantitative estimate of drug-likeness (QED) is 0.622. The van der Waals surface area contributed by atoms with E-state index in [4.69, 9.17) is 0 Å². The Morgan fingerprint density at radius 1 is 1.21 bits per heavy atom. The van der Waals surface area contributed by atoms with Gasteiger partial charge in [0.1, 0.15) is 11.5 Å². The summed E-state index contributed by atoms with van der Waals surface area (Å²) in [5, 5.41) is 7.88. The van der Waals surface area contributed by atoms with Crippen LogP contribution in [0, 0.1) is 5.82 Å². The molecule has 7 nitrogen and oxygen atoms in total. The molecular weight excluding hydrogens is 311 g/mol. The largest absolute Gasteiger partial charge is 0.328 e. The molecule has 120 valence electrons. The van der Waals surface area contributed by atoms with Gasteiger partial charge in [0, 0.05) is 25.0 Å². The first-order valence-corrected chi connectivity index (χ1v) is 7.30. The molecule has 1 aromatic carbocycles. The zero-order valence-electron chi connectivity index (χ0n) is 12.8. The molecule has 0 saturated carbocycles. The van der Waals surface area contributed by atoms with Crippen LogP contribution in [0.2, 0.25) is 0 Å². The summed E-state index contributed by atoms with van der Waals surface area (Å²) in [5.41, 5.74) is 3.19. The number of hydrogen-bond donors (Lipinski definition) is 1. The van der Waals surface area contributed by atoms with E-state index in [1.807, 2.05) is 6.07 Å². The van der Waals surface area contributed by atoms with Crippen LogP contribution in [-0.2, 0) is 13.6 Å². The number of nitrogens with one attached hydrogen (secondary N) is 1. The summed E-state index contributed by atoms with van der Waals surface area (Å²) in [7, 11) is 1.77. The summed E-state index contributed by atoms with van der Waals surface area (Å²) < 4.78 is 16.2. The second-order valence-electron chi connectivity index (χ2n) is 5.50. The predicted octanol–water partition coefficient (Wildman–Crippen LogP) is 1.71. The standard InChI is InChI=1S/C16H13FN6O/c1-22-8-13(20-21-22)9-23-14-6-11(7-18-15(14)19-16(23)24)10-2-4-12(17)5-3-10/h2-8H,9H2,1H3,(H,18,19,24). The Kier molecular flexibility index (Phi) is 3.23. The van der Waals surface area contributed by atoms with Crippen LogP contribution in [0.5, 0.6) is 0 Å². The molecule has 0 fully saturated rings. The van der Waals surface area contributed by atoms with E-state index in [2.05, 4.69) is 20.3 Å². The number of pyridine rings is 1.